The average Bonchev–Trinajstić information content (AvgIpc) is 3.19. The van der Waals surface area contributed by atoms with Crippen LogP contribution in [0.15, 0.2) is 59.0 Å². The SMILES string of the molecule is O=C(Cn1cccnc1=O)N1CCN(Cc2csc(-c3ccccc3)n2)CC1. The van der Waals surface area contributed by atoms with Crippen LogP contribution in [0, 0.1) is 0 Å². The Morgan fingerprint density at radius 1 is 1.07 bits per heavy atom. The molecule has 2 aromatic heterocycles. The summed E-state index contributed by atoms with van der Waals surface area (Å²) in [7, 11) is 0. The summed E-state index contributed by atoms with van der Waals surface area (Å²) < 4.78 is 1.34. The highest BCUT2D eigenvalue weighted by Gasteiger charge is 2.22. The fourth-order valence-electron chi connectivity index (χ4n) is 3.23. The number of thiazole rings is 1. The number of piperazine rings is 1. The molecule has 3 aromatic rings. The topological polar surface area (TPSA) is 71.3 Å². The second-order valence-corrected chi connectivity index (χ2v) is 7.56. The highest BCUT2D eigenvalue weighted by atomic mass is 32.1. The fraction of sp³-hybridized carbons (Fsp3) is 0.300. The Hall–Kier alpha value is -2.84. The molecule has 0 N–H and O–H groups in total. The molecule has 1 aromatic carbocycles. The lowest BCUT2D eigenvalue weighted by Gasteiger charge is -2.34. The van der Waals surface area contributed by atoms with Crippen molar-refractivity contribution in [1.82, 2.24) is 24.3 Å². The van der Waals surface area contributed by atoms with Crippen molar-refractivity contribution >= 4 is 17.2 Å². The van der Waals surface area contributed by atoms with E-state index in [-0.39, 0.29) is 12.5 Å². The molecule has 1 amide bonds. The summed E-state index contributed by atoms with van der Waals surface area (Å²) in [6, 6.07) is 11.8. The number of benzene rings is 1. The minimum absolute atomic E-state index is 0.0409. The van der Waals surface area contributed by atoms with Crippen LogP contribution in [0.5, 0.6) is 0 Å². The van der Waals surface area contributed by atoms with Crippen LogP contribution in [0.2, 0.25) is 0 Å². The van der Waals surface area contributed by atoms with Gasteiger partial charge in [-0.25, -0.2) is 14.8 Å². The van der Waals surface area contributed by atoms with Gasteiger partial charge in [0.05, 0.1) is 5.69 Å². The number of aromatic nitrogens is 3. The van der Waals surface area contributed by atoms with E-state index in [9.17, 15) is 9.59 Å². The zero-order valence-corrected chi connectivity index (χ0v) is 16.2. The lowest BCUT2D eigenvalue weighted by molar-refractivity contribution is -0.133. The second-order valence-electron chi connectivity index (χ2n) is 6.70. The van der Waals surface area contributed by atoms with Crippen LogP contribution in [0.4, 0.5) is 0 Å². The van der Waals surface area contributed by atoms with Crippen molar-refractivity contribution in [2.45, 2.75) is 13.1 Å². The number of amides is 1. The van der Waals surface area contributed by atoms with Crippen molar-refractivity contribution in [2.75, 3.05) is 26.2 Å². The molecule has 0 aliphatic carbocycles. The van der Waals surface area contributed by atoms with Crippen LogP contribution in [0.25, 0.3) is 10.6 Å². The van der Waals surface area contributed by atoms with Gasteiger partial charge in [0, 0.05) is 56.1 Å². The zero-order chi connectivity index (χ0) is 19.3. The van der Waals surface area contributed by atoms with Crippen molar-refractivity contribution < 1.29 is 4.79 Å². The van der Waals surface area contributed by atoms with Crippen molar-refractivity contribution in [2.24, 2.45) is 0 Å². The van der Waals surface area contributed by atoms with E-state index < -0.39 is 5.69 Å². The highest BCUT2D eigenvalue weighted by molar-refractivity contribution is 7.13. The molecule has 0 saturated carbocycles. The molecule has 8 heteroatoms. The van der Waals surface area contributed by atoms with Crippen LogP contribution in [0.1, 0.15) is 5.69 Å². The first kappa shape index (κ1) is 18.5. The number of rotatable bonds is 5. The third-order valence-electron chi connectivity index (χ3n) is 4.77. The van der Waals surface area contributed by atoms with Gasteiger partial charge in [-0.3, -0.25) is 14.3 Å². The van der Waals surface area contributed by atoms with E-state index in [2.05, 4.69) is 27.4 Å². The minimum atomic E-state index is -0.396. The van der Waals surface area contributed by atoms with Crippen molar-refractivity contribution in [3.05, 3.63) is 70.4 Å². The molecule has 1 fully saturated rings. The van der Waals surface area contributed by atoms with Gasteiger partial charge in [-0.2, -0.15) is 0 Å². The summed E-state index contributed by atoms with van der Waals surface area (Å²) in [5.74, 6) is -0.0465. The van der Waals surface area contributed by atoms with Crippen molar-refractivity contribution in [3.63, 3.8) is 0 Å². The summed E-state index contributed by atoms with van der Waals surface area (Å²) in [6.45, 7) is 3.73. The van der Waals surface area contributed by atoms with Gasteiger partial charge in [0.2, 0.25) is 5.91 Å². The lowest BCUT2D eigenvalue weighted by atomic mass is 10.2. The molecule has 1 aliphatic rings. The molecule has 1 saturated heterocycles. The minimum Gasteiger partial charge on any atom is -0.339 e. The lowest BCUT2D eigenvalue weighted by Crippen LogP contribution is -2.49. The van der Waals surface area contributed by atoms with Crippen molar-refractivity contribution in [1.29, 1.82) is 0 Å². The quantitative estimate of drug-likeness (QED) is 0.658. The number of carbonyl (C=O) groups excluding carboxylic acids is 1. The fourth-order valence-corrected chi connectivity index (χ4v) is 4.05. The van der Waals surface area contributed by atoms with Crippen LogP contribution in [-0.4, -0.2) is 56.4 Å². The van der Waals surface area contributed by atoms with Crippen molar-refractivity contribution in [3.8, 4) is 10.6 Å². The number of carbonyl (C=O) groups is 1. The second kappa shape index (κ2) is 8.45. The van der Waals surface area contributed by atoms with Gasteiger partial charge < -0.3 is 4.90 Å². The maximum Gasteiger partial charge on any atom is 0.347 e. The molecule has 4 rings (SSSR count). The Labute approximate surface area is 166 Å². The smallest absolute Gasteiger partial charge is 0.339 e. The molecule has 1 aliphatic heterocycles. The van der Waals surface area contributed by atoms with Gasteiger partial charge in [0.15, 0.2) is 0 Å². The van der Waals surface area contributed by atoms with Gasteiger partial charge in [-0.1, -0.05) is 30.3 Å². The maximum atomic E-state index is 12.5. The maximum absolute atomic E-state index is 12.5. The molecule has 0 spiro atoms. The van der Waals surface area contributed by atoms with E-state index in [1.807, 2.05) is 23.1 Å². The van der Waals surface area contributed by atoms with E-state index in [4.69, 9.17) is 4.98 Å². The predicted molar refractivity (Wildman–Crippen MR) is 108 cm³/mol. The van der Waals surface area contributed by atoms with E-state index in [1.165, 1.54) is 10.8 Å². The third-order valence-corrected chi connectivity index (χ3v) is 5.71. The Morgan fingerprint density at radius 2 is 1.86 bits per heavy atom. The summed E-state index contributed by atoms with van der Waals surface area (Å²) >= 11 is 1.66. The van der Waals surface area contributed by atoms with Crippen LogP contribution >= 0.6 is 11.3 Å². The molecule has 0 bridgehead atoms. The number of hydrogen-bond acceptors (Lipinski definition) is 6. The molecule has 0 atom stereocenters. The molecule has 28 heavy (non-hydrogen) atoms. The first-order chi connectivity index (χ1) is 13.7. The summed E-state index contributed by atoms with van der Waals surface area (Å²) in [4.78, 5) is 36.7. The van der Waals surface area contributed by atoms with Gasteiger partial charge in [-0.15, -0.1) is 11.3 Å². The third kappa shape index (κ3) is 4.35. The molecule has 7 nitrogen and oxygen atoms in total. The summed E-state index contributed by atoms with van der Waals surface area (Å²) in [5.41, 5.74) is 1.80. The standard InChI is InChI=1S/C20H21N5O2S/c26-18(14-25-8-4-7-21-20(25)27)24-11-9-23(10-12-24)13-17-15-28-19(22-17)16-5-2-1-3-6-16/h1-8,15H,9-14H2. The molecular weight excluding hydrogens is 374 g/mol. The number of nitrogens with zero attached hydrogens (tertiary/aromatic N) is 5. The van der Waals surface area contributed by atoms with Crippen LogP contribution in [0.3, 0.4) is 0 Å². The molecule has 0 unspecified atom stereocenters. The van der Waals surface area contributed by atoms with Gasteiger partial charge >= 0.3 is 5.69 Å². The first-order valence-electron chi connectivity index (χ1n) is 9.20. The molecule has 144 valence electrons. The Balaban J connectivity index is 1.30. The Kier molecular flexibility index (Phi) is 5.59. The first-order valence-corrected chi connectivity index (χ1v) is 10.1. The molecule has 0 radical (unpaired) electrons. The molecule has 3 heterocycles. The Bertz CT molecular complexity index is 993. The average molecular weight is 395 g/mol. The predicted octanol–water partition coefficient (Wildman–Crippen LogP) is 1.71. The zero-order valence-electron chi connectivity index (χ0n) is 15.4. The molecular formula is C20H21N5O2S. The largest absolute Gasteiger partial charge is 0.347 e. The number of hydrogen-bond donors (Lipinski definition) is 0. The normalized spacial score (nSPS) is 14.9. The van der Waals surface area contributed by atoms with E-state index in [0.717, 1.165) is 35.9 Å². The van der Waals surface area contributed by atoms with Crippen LogP contribution in [-0.2, 0) is 17.9 Å². The van der Waals surface area contributed by atoms with E-state index in [0.29, 0.717) is 13.1 Å². The summed E-state index contributed by atoms with van der Waals surface area (Å²) in [6.07, 6.45) is 3.03. The van der Waals surface area contributed by atoms with E-state index >= 15 is 0 Å². The van der Waals surface area contributed by atoms with Crippen LogP contribution < -0.4 is 5.69 Å². The summed E-state index contributed by atoms with van der Waals surface area (Å²) in [5, 5.41) is 3.14. The monoisotopic (exact) mass is 395 g/mol. The van der Waals surface area contributed by atoms with Gasteiger partial charge in [0.25, 0.3) is 0 Å². The van der Waals surface area contributed by atoms with E-state index in [1.54, 1.807) is 23.6 Å². The van der Waals surface area contributed by atoms with Gasteiger partial charge in [0.1, 0.15) is 11.6 Å². The highest BCUT2D eigenvalue weighted by Crippen LogP contribution is 2.24. The Morgan fingerprint density at radius 3 is 2.61 bits per heavy atom. The van der Waals surface area contributed by atoms with Gasteiger partial charge in [-0.05, 0) is 6.07 Å².